The Hall–Kier alpha value is -2.62. The third-order valence-electron chi connectivity index (χ3n) is 4.62. The van der Waals surface area contributed by atoms with Crippen molar-refractivity contribution in [3.8, 4) is 0 Å². The van der Waals surface area contributed by atoms with Crippen LogP contribution in [0.15, 0.2) is 60.7 Å². The average Bonchev–Trinajstić information content (AvgIpc) is 2.60. The first-order valence-electron chi connectivity index (χ1n) is 9.01. The summed E-state index contributed by atoms with van der Waals surface area (Å²) < 4.78 is 0. The van der Waals surface area contributed by atoms with E-state index in [4.69, 9.17) is 5.73 Å². The molecule has 0 aliphatic heterocycles. The Morgan fingerprint density at radius 2 is 1.46 bits per heavy atom. The standard InChI is InChI=1S/C22H28N2O2/c1-17(2)14-22(21(23)26,15-19-10-6-4-7-11-19)24(18(3)25)16-20-12-8-5-9-13-20/h4-13,17H,14-16H2,1-3H3,(H2,23,26)/t22-/m1/s1. The van der Waals surface area contributed by atoms with E-state index in [1.54, 1.807) is 4.90 Å². The van der Waals surface area contributed by atoms with Crippen LogP contribution in [0.2, 0.25) is 0 Å². The fourth-order valence-electron chi connectivity index (χ4n) is 3.54. The van der Waals surface area contributed by atoms with Gasteiger partial charge in [0, 0.05) is 19.9 Å². The minimum atomic E-state index is -1.06. The Kier molecular flexibility index (Phi) is 6.56. The lowest BCUT2D eigenvalue weighted by atomic mass is 9.80. The molecule has 0 aliphatic carbocycles. The van der Waals surface area contributed by atoms with Crippen LogP contribution < -0.4 is 5.73 Å². The molecule has 138 valence electrons. The average molecular weight is 352 g/mol. The number of rotatable bonds is 8. The molecule has 0 saturated heterocycles. The second-order valence-corrected chi connectivity index (χ2v) is 7.25. The minimum absolute atomic E-state index is 0.149. The first-order chi connectivity index (χ1) is 12.3. The van der Waals surface area contributed by atoms with E-state index in [0.29, 0.717) is 19.4 Å². The molecule has 1 atom stereocenters. The Bertz CT molecular complexity index is 728. The third kappa shape index (κ3) is 4.72. The summed E-state index contributed by atoms with van der Waals surface area (Å²) in [6.45, 7) is 5.96. The van der Waals surface area contributed by atoms with Gasteiger partial charge in [-0.25, -0.2) is 0 Å². The molecular formula is C22H28N2O2. The maximum Gasteiger partial charge on any atom is 0.243 e. The van der Waals surface area contributed by atoms with Crippen LogP contribution in [-0.2, 0) is 22.6 Å². The van der Waals surface area contributed by atoms with Gasteiger partial charge in [-0.3, -0.25) is 9.59 Å². The van der Waals surface area contributed by atoms with Gasteiger partial charge in [0.2, 0.25) is 11.8 Å². The summed E-state index contributed by atoms with van der Waals surface area (Å²) >= 11 is 0. The zero-order valence-corrected chi connectivity index (χ0v) is 15.8. The largest absolute Gasteiger partial charge is 0.368 e. The topological polar surface area (TPSA) is 63.4 Å². The van der Waals surface area contributed by atoms with Crippen LogP contribution in [0.1, 0.15) is 38.3 Å². The predicted octanol–water partition coefficient (Wildman–Crippen LogP) is 3.55. The number of hydrogen-bond donors (Lipinski definition) is 1. The molecule has 26 heavy (non-hydrogen) atoms. The van der Waals surface area contributed by atoms with E-state index in [9.17, 15) is 9.59 Å². The lowest BCUT2D eigenvalue weighted by molar-refractivity contribution is -0.147. The molecule has 2 rings (SSSR count). The predicted molar refractivity (Wildman–Crippen MR) is 104 cm³/mol. The van der Waals surface area contributed by atoms with E-state index in [2.05, 4.69) is 0 Å². The van der Waals surface area contributed by atoms with Crippen molar-refractivity contribution in [2.24, 2.45) is 11.7 Å². The molecule has 2 aromatic carbocycles. The molecule has 0 radical (unpaired) electrons. The SMILES string of the molecule is CC(=O)N(Cc1ccccc1)[C@@](Cc1ccccc1)(CC(C)C)C(N)=O. The van der Waals surface area contributed by atoms with Crippen LogP contribution in [0.5, 0.6) is 0 Å². The van der Waals surface area contributed by atoms with Crippen molar-refractivity contribution < 1.29 is 9.59 Å². The van der Waals surface area contributed by atoms with Gasteiger partial charge in [-0.1, -0.05) is 74.5 Å². The van der Waals surface area contributed by atoms with Crippen LogP contribution >= 0.6 is 0 Å². The zero-order chi connectivity index (χ0) is 19.2. The van der Waals surface area contributed by atoms with Crippen molar-refractivity contribution in [2.45, 2.75) is 45.7 Å². The molecule has 4 nitrogen and oxygen atoms in total. The fraction of sp³-hybridized carbons (Fsp3) is 0.364. The van der Waals surface area contributed by atoms with Crippen molar-refractivity contribution >= 4 is 11.8 Å². The van der Waals surface area contributed by atoms with Gasteiger partial charge in [-0.15, -0.1) is 0 Å². The molecule has 0 unspecified atom stereocenters. The van der Waals surface area contributed by atoms with Crippen molar-refractivity contribution in [1.82, 2.24) is 4.90 Å². The third-order valence-corrected chi connectivity index (χ3v) is 4.62. The lowest BCUT2D eigenvalue weighted by Gasteiger charge is -2.42. The Balaban J connectivity index is 2.49. The second kappa shape index (κ2) is 8.65. The van der Waals surface area contributed by atoms with Crippen molar-refractivity contribution in [3.63, 3.8) is 0 Å². The van der Waals surface area contributed by atoms with E-state index in [1.165, 1.54) is 6.92 Å². The number of benzene rings is 2. The molecule has 0 heterocycles. The van der Waals surface area contributed by atoms with E-state index in [0.717, 1.165) is 11.1 Å². The summed E-state index contributed by atoms with van der Waals surface area (Å²) in [4.78, 5) is 27.0. The van der Waals surface area contributed by atoms with E-state index < -0.39 is 11.4 Å². The van der Waals surface area contributed by atoms with Crippen LogP contribution in [0, 0.1) is 5.92 Å². The highest BCUT2D eigenvalue weighted by molar-refractivity contribution is 5.90. The first-order valence-corrected chi connectivity index (χ1v) is 9.01. The van der Waals surface area contributed by atoms with Crippen LogP contribution in [0.25, 0.3) is 0 Å². The maximum atomic E-state index is 12.7. The maximum absolute atomic E-state index is 12.7. The molecule has 0 aliphatic rings. The summed E-state index contributed by atoms with van der Waals surface area (Å²) in [6.07, 6.45) is 0.928. The van der Waals surface area contributed by atoms with Gasteiger partial charge in [-0.05, 0) is 23.5 Å². The summed E-state index contributed by atoms with van der Waals surface area (Å²) in [5, 5.41) is 0. The highest BCUT2D eigenvalue weighted by atomic mass is 16.2. The van der Waals surface area contributed by atoms with Crippen molar-refractivity contribution in [1.29, 1.82) is 0 Å². The van der Waals surface area contributed by atoms with Crippen LogP contribution in [0.4, 0.5) is 0 Å². The molecule has 0 bridgehead atoms. The summed E-state index contributed by atoms with van der Waals surface area (Å²) in [6, 6.07) is 19.5. The molecule has 2 aromatic rings. The van der Waals surface area contributed by atoms with E-state index in [1.807, 2.05) is 74.5 Å². The van der Waals surface area contributed by atoms with Gasteiger partial charge in [0.1, 0.15) is 5.54 Å². The number of amides is 2. The second-order valence-electron chi connectivity index (χ2n) is 7.25. The molecule has 0 fully saturated rings. The number of nitrogens with zero attached hydrogens (tertiary/aromatic N) is 1. The molecule has 4 heteroatoms. The molecule has 0 spiro atoms. The van der Waals surface area contributed by atoms with Gasteiger partial charge in [0.25, 0.3) is 0 Å². The fourth-order valence-corrected chi connectivity index (χ4v) is 3.54. The number of nitrogens with two attached hydrogens (primary N) is 1. The number of carbonyl (C=O) groups is 2. The lowest BCUT2D eigenvalue weighted by Crippen LogP contribution is -2.60. The Labute approximate surface area is 156 Å². The van der Waals surface area contributed by atoms with Crippen LogP contribution in [-0.4, -0.2) is 22.3 Å². The molecule has 0 saturated carbocycles. The van der Waals surface area contributed by atoms with Gasteiger partial charge in [-0.2, -0.15) is 0 Å². The smallest absolute Gasteiger partial charge is 0.243 e. The minimum Gasteiger partial charge on any atom is -0.368 e. The molecule has 2 N–H and O–H groups in total. The zero-order valence-electron chi connectivity index (χ0n) is 15.8. The first kappa shape index (κ1) is 19.7. The summed E-state index contributed by atoms with van der Waals surface area (Å²) in [7, 11) is 0. The number of hydrogen-bond acceptors (Lipinski definition) is 2. The van der Waals surface area contributed by atoms with Crippen molar-refractivity contribution in [2.75, 3.05) is 0 Å². The molecule has 2 amide bonds. The summed E-state index contributed by atoms with van der Waals surface area (Å²) in [5.41, 5.74) is 6.84. The van der Waals surface area contributed by atoms with E-state index >= 15 is 0 Å². The molecular weight excluding hydrogens is 324 g/mol. The van der Waals surface area contributed by atoms with Gasteiger partial charge in [0.05, 0.1) is 0 Å². The summed E-state index contributed by atoms with van der Waals surface area (Å²) in [5.74, 6) is -0.394. The Morgan fingerprint density at radius 1 is 0.962 bits per heavy atom. The quantitative estimate of drug-likeness (QED) is 0.790. The highest BCUT2D eigenvalue weighted by Crippen LogP contribution is 2.30. The highest BCUT2D eigenvalue weighted by Gasteiger charge is 2.44. The monoisotopic (exact) mass is 352 g/mol. The van der Waals surface area contributed by atoms with Crippen LogP contribution in [0.3, 0.4) is 0 Å². The van der Waals surface area contributed by atoms with Crippen molar-refractivity contribution in [3.05, 3.63) is 71.8 Å². The van der Waals surface area contributed by atoms with E-state index in [-0.39, 0.29) is 11.8 Å². The van der Waals surface area contributed by atoms with Gasteiger partial charge in [0.15, 0.2) is 0 Å². The number of carbonyl (C=O) groups excluding carboxylic acids is 2. The molecule has 0 aromatic heterocycles. The Morgan fingerprint density at radius 3 is 1.88 bits per heavy atom. The van der Waals surface area contributed by atoms with Gasteiger partial charge < -0.3 is 10.6 Å². The van der Waals surface area contributed by atoms with Gasteiger partial charge >= 0.3 is 0 Å². The number of primary amides is 1. The normalized spacial score (nSPS) is 13.2.